The third-order valence-corrected chi connectivity index (χ3v) is 2.98. The maximum absolute atomic E-state index is 9.11. The number of aryl methyl sites for hydroxylation is 1. The number of rotatable bonds is 1. The van der Waals surface area contributed by atoms with Crippen molar-refractivity contribution in [1.82, 2.24) is 5.32 Å². The number of anilines is 1. The monoisotopic (exact) mass is 215 g/mol. The van der Waals surface area contributed by atoms with Crippen LogP contribution in [0, 0.1) is 18.3 Å². The van der Waals surface area contributed by atoms with E-state index < -0.39 is 0 Å². The van der Waals surface area contributed by atoms with E-state index in [1.54, 1.807) is 0 Å². The van der Waals surface area contributed by atoms with Crippen molar-refractivity contribution in [3.63, 3.8) is 0 Å². The number of piperazine rings is 1. The second-order valence-electron chi connectivity index (χ2n) is 4.43. The van der Waals surface area contributed by atoms with Crippen LogP contribution in [0.15, 0.2) is 18.2 Å². The van der Waals surface area contributed by atoms with E-state index in [0.29, 0.717) is 6.04 Å². The molecule has 1 N–H and O–H groups in total. The highest BCUT2D eigenvalue weighted by Crippen LogP contribution is 2.22. The van der Waals surface area contributed by atoms with Crippen LogP contribution < -0.4 is 10.2 Å². The summed E-state index contributed by atoms with van der Waals surface area (Å²) in [5.74, 6) is 0. The highest BCUT2D eigenvalue weighted by molar-refractivity contribution is 5.61. The molecule has 1 aromatic rings. The quantitative estimate of drug-likeness (QED) is 0.774. The topological polar surface area (TPSA) is 39.1 Å². The van der Waals surface area contributed by atoms with E-state index in [-0.39, 0.29) is 0 Å². The average Bonchev–Trinajstić information content (AvgIpc) is 2.29. The van der Waals surface area contributed by atoms with Crippen LogP contribution in [0.2, 0.25) is 0 Å². The normalized spacial score (nSPS) is 20.6. The summed E-state index contributed by atoms with van der Waals surface area (Å²) >= 11 is 0. The SMILES string of the molecule is Cc1ccc(C#N)c(N2CCNC(C)C2)c1. The number of hydrogen-bond acceptors (Lipinski definition) is 3. The molecule has 1 heterocycles. The van der Waals surface area contributed by atoms with Crippen molar-refractivity contribution < 1.29 is 0 Å². The highest BCUT2D eigenvalue weighted by Gasteiger charge is 2.18. The minimum Gasteiger partial charge on any atom is -0.368 e. The third kappa shape index (κ3) is 2.17. The van der Waals surface area contributed by atoms with Crippen molar-refractivity contribution in [2.75, 3.05) is 24.5 Å². The summed E-state index contributed by atoms with van der Waals surface area (Å²) < 4.78 is 0. The second kappa shape index (κ2) is 4.54. The lowest BCUT2D eigenvalue weighted by molar-refractivity contribution is 0.484. The lowest BCUT2D eigenvalue weighted by Gasteiger charge is -2.34. The molecule has 0 saturated carbocycles. The first-order chi connectivity index (χ1) is 7.70. The van der Waals surface area contributed by atoms with Gasteiger partial charge < -0.3 is 10.2 Å². The van der Waals surface area contributed by atoms with Gasteiger partial charge in [-0.15, -0.1) is 0 Å². The molecule has 1 aromatic carbocycles. The summed E-state index contributed by atoms with van der Waals surface area (Å²) in [5, 5.41) is 12.5. The molecule has 84 valence electrons. The predicted octanol–water partition coefficient (Wildman–Crippen LogP) is 1.66. The molecule has 0 bridgehead atoms. The minimum absolute atomic E-state index is 0.487. The van der Waals surface area contributed by atoms with Gasteiger partial charge in [0.1, 0.15) is 6.07 Å². The molecule has 0 aromatic heterocycles. The van der Waals surface area contributed by atoms with Crippen molar-refractivity contribution in [1.29, 1.82) is 5.26 Å². The molecule has 3 nitrogen and oxygen atoms in total. The zero-order valence-corrected chi connectivity index (χ0v) is 9.83. The lowest BCUT2D eigenvalue weighted by Crippen LogP contribution is -2.49. The van der Waals surface area contributed by atoms with Crippen molar-refractivity contribution in [3.05, 3.63) is 29.3 Å². The van der Waals surface area contributed by atoms with E-state index >= 15 is 0 Å². The summed E-state index contributed by atoms with van der Waals surface area (Å²) in [6.07, 6.45) is 0. The van der Waals surface area contributed by atoms with E-state index in [1.165, 1.54) is 5.56 Å². The Hall–Kier alpha value is -1.53. The zero-order chi connectivity index (χ0) is 11.5. The first-order valence-electron chi connectivity index (χ1n) is 5.70. The van der Waals surface area contributed by atoms with Crippen LogP contribution in [0.4, 0.5) is 5.69 Å². The van der Waals surface area contributed by atoms with Gasteiger partial charge in [0.25, 0.3) is 0 Å². The Morgan fingerprint density at radius 2 is 2.31 bits per heavy atom. The van der Waals surface area contributed by atoms with E-state index in [0.717, 1.165) is 30.9 Å². The first-order valence-corrected chi connectivity index (χ1v) is 5.70. The Balaban J connectivity index is 2.31. The molecule has 3 heteroatoms. The van der Waals surface area contributed by atoms with E-state index in [9.17, 15) is 0 Å². The molecule has 0 aliphatic carbocycles. The van der Waals surface area contributed by atoms with Gasteiger partial charge in [-0.05, 0) is 31.5 Å². The molecule has 0 radical (unpaired) electrons. The molecule has 0 spiro atoms. The maximum atomic E-state index is 9.11. The number of hydrogen-bond donors (Lipinski definition) is 1. The number of nitrogens with one attached hydrogen (secondary N) is 1. The first kappa shape index (κ1) is 11.0. The molecule has 2 rings (SSSR count). The van der Waals surface area contributed by atoms with Crippen LogP contribution in [0.5, 0.6) is 0 Å². The summed E-state index contributed by atoms with van der Waals surface area (Å²) in [5.41, 5.74) is 3.07. The molecule has 1 aliphatic rings. The van der Waals surface area contributed by atoms with Gasteiger partial charge in [0.05, 0.1) is 11.3 Å². The van der Waals surface area contributed by atoms with Gasteiger partial charge in [0.2, 0.25) is 0 Å². The molecular formula is C13H17N3. The number of benzene rings is 1. The van der Waals surface area contributed by atoms with Crippen LogP contribution in [-0.2, 0) is 0 Å². The fourth-order valence-corrected chi connectivity index (χ4v) is 2.15. The summed E-state index contributed by atoms with van der Waals surface area (Å²) in [6.45, 7) is 7.17. The van der Waals surface area contributed by atoms with Crippen LogP contribution >= 0.6 is 0 Å². The molecule has 1 saturated heterocycles. The zero-order valence-electron chi connectivity index (χ0n) is 9.83. The van der Waals surface area contributed by atoms with Gasteiger partial charge in [-0.1, -0.05) is 6.07 Å². The van der Waals surface area contributed by atoms with Crippen molar-refractivity contribution >= 4 is 5.69 Å². The average molecular weight is 215 g/mol. The maximum Gasteiger partial charge on any atom is 0.101 e. The van der Waals surface area contributed by atoms with Gasteiger partial charge >= 0.3 is 0 Å². The molecule has 1 unspecified atom stereocenters. The lowest BCUT2D eigenvalue weighted by atomic mass is 10.1. The van der Waals surface area contributed by atoms with Crippen molar-refractivity contribution in [2.45, 2.75) is 19.9 Å². The Morgan fingerprint density at radius 3 is 3.00 bits per heavy atom. The van der Waals surface area contributed by atoms with E-state index in [2.05, 4.69) is 36.2 Å². The summed E-state index contributed by atoms with van der Waals surface area (Å²) in [4.78, 5) is 2.30. The highest BCUT2D eigenvalue weighted by atomic mass is 15.2. The third-order valence-electron chi connectivity index (χ3n) is 2.98. The standard InChI is InChI=1S/C13H17N3/c1-10-3-4-12(8-14)13(7-10)16-6-5-15-11(2)9-16/h3-4,7,11,15H,5-6,9H2,1-2H3. The van der Waals surface area contributed by atoms with Gasteiger partial charge in [-0.2, -0.15) is 5.26 Å². The summed E-state index contributed by atoms with van der Waals surface area (Å²) in [7, 11) is 0. The molecule has 1 aliphatic heterocycles. The minimum atomic E-state index is 0.487. The van der Waals surface area contributed by atoms with E-state index in [4.69, 9.17) is 5.26 Å². The van der Waals surface area contributed by atoms with Crippen LogP contribution in [0.1, 0.15) is 18.1 Å². The van der Waals surface area contributed by atoms with Gasteiger partial charge in [0.15, 0.2) is 0 Å². The second-order valence-corrected chi connectivity index (χ2v) is 4.43. The van der Waals surface area contributed by atoms with Crippen molar-refractivity contribution in [3.8, 4) is 6.07 Å². The van der Waals surface area contributed by atoms with Crippen molar-refractivity contribution in [2.24, 2.45) is 0 Å². The Labute approximate surface area is 96.7 Å². The largest absolute Gasteiger partial charge is 0.368 e. The molecule has 1 fully saturated rings. The fraction of sp³-hybridized carbons (Fsp3) is 0.462. The van der Waals surface area contributed by atoms with Crippen LogP contribution in [0.3, 0.4) is 0 Å². The number of nitrogens with zero attached hydrogens (tertiary/aromatic N) is 2. The van der Waals surface area contributed by atoms with Crippen LogP contribution in [-0.4, -0.2) is 25.7 Å². The van der Waals surface area contributed by atoms with Gasteiger partial charge in [-0.25, -0.2) is 0 Å². The molecule has 16 heavy (non-hydrogen) atoms. The fourth-order valence-electron chi connectivity index (χ4n) is 2.15. The Bertz CT molecular complexity index is 420. The van der Waals surface area contributed by atoms with Gasteiger partial charge in [0, 0.05) is 25.7 Å². The smallest absolute Gasteiger partial charge is 0.101 e. The predicted molar refractivity (Wildman–Crippen MR) is 65.6 cm³/mol. The Kier molecular flexibility index (Phi) is 3.12. The molecule has 0 amide bonds. The van der Waals surface area contributed by atoms with E-state index in [1.807, 2.05) is 12.1 Å². The van der Waals surface area contributed by atoms with Gasteiger partial charge in [-0.3, -0.25) is 0 Å². The molecule has 1 atom stereocenters. The number of nitriles is 1. The Morgan fingerprint density at radius 1 is 1.50 bits per heavy atom. The molecular weight excluding hydrogens is 198 g/mol. The summed E-state index contributed by atoms with van der Waals surface area (Å²) in [6, 6.07) is 8.78. The van der Waals surface area contributed by atoms with Crippen LogP contribution in [0.25, 0.3) is 0 Å².